The van der Waals surface area contributed by atoms with Gasteiger partial charge in [-0.1, -0.05) is 24.3 Å². The predicted octanol–water partition coefficient (Wildman–Crippen LogP) is 2.44. The van der Waals surface area contributed by atoms with E-state index >= 15 is 0 Å². The van der Waals surface area contributed by atoms with Crippen LogP contribution in [0.5, 0.6) is 0 Å². The van der Waals surface area contributed by atoms with Crippen LogP contribution < -0.4 is 10.6 Å². The van der Waals surface area contributed by atoms with E-state index in [1.165, 1.54) is 16.4 Å². The molecule has 0 spiro atoms. The monoisotopic (exact) mass is 435 g/mol. The molecule has 162 valence electrons. The third-order valence-electron chi connectivity index (χ3n) is 5.00. The molecule has 1 unspecified atom stereocenters. The highest BCUT2D eigenvalue weighted by atomic mass is 32.2. The second kappa shape index (κ2) is 9.65. The summed E-state index contributed by atoms with van der Waals surface area (Å²) in [6, 6.07) is 10.8. The number of anilines is 1. The van der Waals surface area contributed by atoms with Gasteiger partial charge in [-0.05, 0) is 37.6 Å². The number of aryl methyl sites for hydroxylation is 1. The Morgan fingerprint density at radius 1 is 1.20 bits per heavy atom. The minimum absolute atomic E-state index is 0.0467. The average molecular weight is 436 g/mol. The summed E-state index contributed by atoms with van der Waals surface area (Å²) in [7, 11) is -3.67. The summed E-state index contributed by atoms with van der Waals surface area (Å²) in [4.78, 5) is 12.5. The summed E-state index contributed by atoms with van der Waals surface area (Å²) < 4.78 is 46.4. The van der Waals surface area contributed by atoms with Crippen LogP contribution in [0.2, 0.25) is 0 Å². The van der Waals surface area contributed by atoms with Gasteiger partial charge in [-0.3, -0.25) is 4.79 Å². The second-order valence-electron chi connectivity index (χ2n) is 7.17. The molecule has 0 aliphatic carbocycles. The van der Waals surface area contributed by atoms with E-state index in [0.29, 0.717) is 43.1 Å². The Hall–Kier alpha value is -2.33. The average Bonchev–Trinajstić information content (AvgIpc) is 2.74. The van der Waals surface area contributed by atoms with Gasteiger partial charge in [-0.2, -0.15) is 4.31 Å². The van der Waals surface area contributed by atoms with E-state index in [-0.39, 0.29) is 29.2 Å². The van der Waals surface area contributed by atoms with Gasteiger partial charge in [0.2, 0.25) is 15.9 Å². The molecule has 9 heteroatoms. The molecule has 0 aromatic heterocycles. The highest BCUT2D eigenvalue weighted by molar-refractivity contribution is 7.89. The molecule has 0 radical (unpaired) electrons. The van der Waals surface area contributed by atoms with Crippen LogP contribution >= 0.6 is 0 Å². The van der Waals surface area contributed by atoms with Crippen LogP contribution in [0.4, 0.5) is 10.1 Å². The predicted molar refractivity (Wildman–Crippen MR) is 112 cm³/mol. The number of ether oxygens (including phenoxy) is 1. The first-order chi connectivity index (χ1) is 14.3. The van der Waals surface area contributed by atoms with E-state index in [2.05, 4.69) is 10.6 Å². The van der Waals surface area contributed by atoms with Crippen LogP contribution in [-0.2, 0) is 19.6 Å². The molecular weight excluding hydrogens is 409 g/mol. The van der Waals surface area contributed by atoms with Gasteiger partial charge in [0.15, 0.2) is 0 Å². The largest absolute Gasteiger partial charge is 0.379 e. The number of nitrogens with one attached hydrogen (secondary N) is 2. The van der Waals surface area contributed by atoms with Crippen molar-refractivity contribution in [1.29, 1.82) is 0 Å². The fourth-order valence-electron chi connectivity index (χ4n) is 3.27. The van der Waals surface area contributed by atoms with Crippen molar-refractivity contribution in [2.24, 2.45) is 0 Å². The molecule has 1 aliphatic rings. The number of rotatable bonds is 7. The highest BCUT2D eigenvalue weighted by Gasteiger charge is 2.28. The first-order valence-electron chi connectivity index (χ1n) is 9.75. The zero-order valence-electron chi connectivity index (χ0n) is 17.0. The maximum atomic E-state index is 13.8. The number of morpholine rings is 1. The van der Waals surface area contributed by atoms with E-state index in [4.69, 9.17) is 4.74 Å². The van der Waals surface area contributed by atoms with Crippen molar-refractivity contribution >= 4 is 21.6 Å². The zero-order chi connectivity index (χ0) is 21.7. The van der Waals surface area contributed by atoms with Crippen molar-refractivity contribution in [1.82, 2.24) is 9.62 Å². The quantitative estimate of drug-likeness (QED) is 0.698. The highest BCUT2D eigenvalue weighted by Crippen LogP contribution is 2.24. The molecule has 1 saturated heterocycles. The van der Waals surface area contributed by atoms with Crippen LogP contribution in [0.3, 0.4) is 0 Å². The fraction of sp³-hybridized carbons (Fsp3) is 0.381. The molecule has 0 bridgehead atoms. The Bertz CT molecular complexity index is 1010. The van der Waals surface area contributed by atoms with E-state index < -0.39 is 10.0 Å². The van der Waals surface area contributed by atoms with Crippen molar-refractivity contribution in [2.75, 3.05) is 38.2 Å². The van der Waals surface area contributed by atoms with Crippen LogP contribution in [0.25, 0.3) is 0 Å². The molecular formula is C21H26FN3O4S. The van der Waals surface area contributed by atoms with Crippen LogP contribution in [-0.4, -0.2) is 51.5 Å². The maximum Gasteiger partial charge on any atom is 0.243 e. The summed E-state index contributed by atoms with van der Waals surface area (Å²) in [6.07, 6.45) is 0. The molecule has 1 atom stereocenters. The number of amides is 1. The molecule has 1 heterocycles. The first kappa shape index (κ1) is 22.4. The number of hydrogen-bond donors (Lipinski definition) is 2. The van der Waals surface area contributed by atoms with Crippen molar-refractivity contribution in [2.45, 2.75) is 24.8 Å². The molecule has 0 saturated carbocycles. The topological polar surface area (TPSA) is 87.7 Å². The summed E-state index contributed by atoms with van der Waals surface area (Å²) in [6.45, 7) is 4.77. The van der Waals surface area contributed by atoms with Crippen molar-refractivity contribution < 1.29 is 22.3 Å². The van der Waals surface area contributed by atoms with Gasteiger partial charge in [0.1, 0.15) is 5.82 Å². The first-order valence-corrected chi connectivity index (χ1v) is 11.2. The second-order valence-corrected chi connectivity index (χ2v) is 9.08. The lowest BCUT2D eigenvalue weighted by Gasteiger charge is -2.26. The molecule has 1 fully saturated rings. The molecule has 1 amide bonds. The molecule has 3 rings (SSSR count). The lowest BCUT2D eigenvalue weighted by Crippen LogP contribution is -2.40. The molecule has 7 nitrogen and oxygen atoms in total. The standard InChI is InChI=1S/C21H26FN3O4S/c1-15-7-8-17(13-20(15)30(27,28)25-9-11-29-12-10-25)24-21(26)14-23-16(2)18-5-3-4-6-19(18)22/h3-8,13,16,23H,9-12,14H2,1-2H3,(H,24,26). The van der Waals surface area contributed by atoms with Crippen molar-refractivity contribution in [3.05, 3.63) is 59.4 Å². The molecule has 2 aromatic carbocycles. The van der Waals surface area contributed by atoms with Gasteiger partial charge >= 0.3 is 0 Å². The van der Waals surface area contributed by atoms with E-state index in [1.54, 1.807) is 44.2 Å². The Morgan fingerprint density at radius 2 is 1.90 bits per heavy atom. The van der Waals surface area contributed by atoms with Gasteiger partial charge in [0.05, 0.1) is 24.7 Å². The molecule has 30 heavy (non-hydrogen) atoms. The summed E-state index contributed by atoms with van der Waals surface area (Å²) in [5.41, 5.74) is 1.46. The van der Waals surface area contributed by atoms with Crippen LogP contribution in [0.1, 0.15) is 24.1 Å². The van der Waals surface area contributed by atoms with Crippen molar-refractivity contribution in [3.63, 3.8) is 0 Å². The summed E-state index contributed by atoms with van der Waals surface area (Å²) in [5, 5.41) is 5.68. The summed E-state index contributed by atoms with van der Waals surface area (Å²) in [5.74, 6) is -0.689. The van der Waals surface area contributed by atoms with Gasteiger partial charge in [-0.25, -0.2) is 12.8 Å². The SMILES string of the molecule is Cc1ccc(NC(=O)CNC(C)c2ccccc2F)cc1S(=O)(=O)N1CCOCC1. The smallest absolute Gasteiger partial charge is 0.243 e. The third kappa shape index (κ3) is 5.23. The number of sulfonamides is 1. The molecule has 2 aromatic rings. The zero-order valence-corrected chi connectivity index (χ0v) is 17.8. The minimum Gasteiger partial charge on any atom is -0.379 e. The van der Waals surface area contributed by atoms with Crippen LogP contribution in [0, 0.1) is 12.7 Å². The van der Waals surface area contributed by atoms with E-state index in [0.717, 1.165) is 0 Å². The molecule has 2 N–H and O–H groups in total. The number of hydrogen-bond acceptors (Lipinski definition) is 5. The normalized spacial score (nSPS) is 16.2. The van der Waals surface area contributed by atoms with Crippen LogP contribution in [0.15, 0.2) is 47.4 Å². The van der Waals surface area contributed by atoms with E-state index in [1.807, 2.05) is 0 Å². The van der Waals surface area contributed by atoms with Gasteiger partial charge in [0.25, 0.3) is 0 Å². The Balaban J connectivity index is 1.66. The minimum atomic E-state index is -3.67. The number of carbonyl (C=O) groups is 1. The number of carbonyl (C=O) groups excluding carboxylic acids is 1. The Labute approximate surface area is 176 Å². The van der Waals surface area contributed by atoms with Gasteiger partial charge in [-0.15, -0.1) is 0 Å². The van der Waals surface area contributed by atoms with Gasteiger partial charge < -0.3 is 15.4 Å². The number of nitrogens with zero attached hydrogens (tertiary/aromatic N) is 1. The number of halogens is 1. The molecule has 1 aliphatic heterocycles. The Kier molecular flexibility index (Phi) is 7.19. The fourth-order valence-corrected chi connectivity index (χ4v) is 4.93. The van der Waals surface area contributed by atoms with Gasteiger partial charge in [0, 0.05) is 30.4 Å². The maximum absolute atomic E-state index is 13.8. The summed E-state index contributed by atoms with van der Waals surface area (Å²) >= 11 is 0. The number of benzene rings is 2. The Morgan fingerprint density at radius 3 is 2.60 bits per heavy atom. The van der Waals surface area contributed by atoms with Crippen molar-refractivity contribution in [3.8, 4) is 0 Å². The van der Waals surface area contributed by atoms with E-state index in [9.17, 15) is 17.6 Å². The third-order valence-corrected chi connectivity index (χ3v) is 7.04. The lowest BCUT2D eigenvalue weighted by atomic mass is 10.1. The lowest BCUT2D eigenvalue weighted by molar-refractivity contribution is -0.115.